The highest BCUT2D eigenvalue weighted by molar-refractivity contribution is 5.82. The van der Waals surface area contributed by atoms with Crippen LogP contribution in [0.25, 0.3) is 0 Å². The first kappa shape index (κ1) is 14.5. The molecule has 0 aliphatic carbocycles. The number of likely N-dealkylation sites (N-methyl/N-ethyl adjacent to an activating group) is 1. The molecule has 0 radical (unpaired) electrons. The van der Waals surface area contributed by atoms with Gasteiger partial charge in [-0.25, -0.2) is 0 Å². The number of carbonyl (C=O) groups is 1. The number of piperidine rings is 1. The third kappa shape index (κ3) is 4.64. The van der Waals surface area contributed by atoms with Crippen molar-refractivity contribution in [3.8, 4) is 0 Å². The summed E-state index contributed by atoms with van der Waals surface area (Å²) in [5.74, 6) is 0.884. The minimum absolute atomic E-state index is 0.0142. The maximum Gasteiger partial charge on any atom is 0.239 e. The van der Waals surface area contributed by atoms with Gasteiger partial charge in [0.05, 0.1) is 12.6 Å². The Morgan fingerprint density at radius 1 is 1.47 bits per heavy atom. The van der Waals surface area contributed by atoms with Crippen LogP contribution in [0.4, 0.5) is 0 Å². The summed E-state index contributed by atoms with van der Waals surface area (Å²) in [4.78, 5) is 14.2. The van der Waals surface area contributed by atoms with Gasteiger partial charge in [-0.05, 0) is 39.2 Å². The van der Waals surface area contributed by atoms with Gasteiger partial charge >= 0.3 is 0 Å². The van der Waals surface area contributed by atoms with E-state index >= 15 is 0 Å². The number of amides is 1. The molecular formula is C13H26N2O2. The lowest BCUT2D eigenvalue weighted by Crippen LogP contribution is -2.50. The second kappa shape index (κ2) is 7.67. The van der Waals surface area contributed by atoms with Gasteiger partial charge in [-0.3, -0.25) is 4.79 Å². The molecule has 2 unspecified atom stereocenters. The maximum absolute atomic E-state index is 12.3. The molecule has 1 N–H and O–H groups in total. The van der Waals surface area contributed by atoms with Gasteiger partial charge in [-0.1, -0.05) is 6.92 Å². The first-order chi connectivity index (χ1) is 8.19. The Labute approximate surface area is 105 Å². The second-order valence-electron chi connectivity index (χ2n) is 4.75. The summed E-state index contributed by atoms with van der Waals surface area (Å²) in [5, 5.41) is 3.32. The largest absolute Gasteiger partial charge is 0.380 e. The van der Waals surface area contributed by atoms with Crippen molar-refractivity contribution in [3.05, 3.63) is 0 Å². The Bertz CT molecular complexity index is 233. The highest BCUT2D eigenvalue weighted by Gasteiger charge is 2.27. The van der Waals surface area contributed by atoms with Gasteiger partial charge in [0.2, 0.25) is 5.91 Å². The Morgan fingerprint density at radius 2 is 2.24 bits per heavy atom. The molecule has 1 aliphatic rings. The Kier molecular flexibility index (Phi) is 6.52. The minimum Gasteiger partial charge on any atom is -0.380 e. The average Bonchev–Trinajstić information content (AvgIpc) is 2.34. The number of nitrogens with one attached hydrogen (secondary N) is 1. The summed E-state index contributed by atoms with van der Waals surface area (Å²) in [6.07, 6.45) is 2.14. The lowest BCUT2D eigenvalue weighted by molar-refractivity contribution is -0.135. The van der Waals surface area contributed by atoms with Crippen molar-refractivity contribution < 1.29 is 9.53 Å². The predicted octanol–water partition coefficient (Wildman–Crippen LogP) is 1.26. The molecule has 1 amide bonds. The minimum atomic E-state index is 0.0142. The van der Waals surface area contributed by atoms with E-state index in [4.69, 9.17) is 4.74 Å². The summed E-state index contributed by atoms with van der Waals surface area (Å²) < 4.78 is 5.31. The maximum atomic E-state index is 12.3. The van der Waals surface area contributed by atoms with E-state index in [9.17, 15) is 4.79 Å². The molecule has 100 valence electrons. The molecule has 17 heavy (non-hydrogen) atoms. The molecule has 1 aliphatic heterocycles. The van der Waals surface area contributed by atoms with E-state index in [-0.39, 0.29) is 11.9 Å². The van der Waals surface area contributed by atoms with E-state index in [1.165, 1.54) is 6.42 Å². The van der Waals surface area contributed by atoms with Crippen LogP contribution in [0.2, 0.25) is 0 Å². The molecule has 1 saturated heterocycles. The SMILES string of the molecule is CCOCCN(CC)C(=O)C1CC(C)CCN1. The van der Waals surface area contributed by atoms with E-state index in [2.05, 4.69) is 12.2 Å². The molecule has 0 spiro atoms. The van der Waals surface area contributed by atoms with Crippen molar-refractivity contribution in [2.24, 2.45) is 5.92 Å². The fourth-order valence-corrected chi connectivity index (χ4v) is 2.26. The topological polar surface area (TPSA) is 41.6 Å². The van der Waals surface area contributed by atoms with Crippen LogP contribution >= 0.6 is 0 Å². The van der Waals surface area contributed by atoms with Crippen molar-refractivity contribution in [2.45, 2.75) is 39.7 Å². The molecular weight excluding hydrogens is 216 g/mol. The lowest BCUT2D eigenvalue weighted by atomic mass is 9.93. The Morgan fingerprint density at radius 3 is 2.82 bits per heavy atom. The van der Waals surface area contributed by atoms with Crippen LogP contribution in [0.3, 0.4) is 0 Å². The summed E-state index contributed by atoms with van der Waals surface area (Å²) >= 11 is 0. The smallest absolute Gasteiger partial charge is 0.239 e. The molecule has 0 aromatic carbocycles. The van der Waals surface area contributed by atoms with Gasteiger partial charge in [0.1, 0.15) is 0 Å². The van der Waals surface area contributed by atoms with Crippen LogP contribution in [-0.4, -0.2) is 49.7 Å². The normalized spacial score (nSPS) is 24.6. The summed E-state index contributed by atoms with van der Waals surface area (Å²) in [5.41, 5.74) is 0. The third-order valence-corrected chi connectivity index (χ3v) is 3.37. The fraction of sp³-hybridized carbons (Fsp3) is 0.923. The number of nitrogens with zero attached hydrogens (tertiary/aromatic N) is 1. The quantitative estimate of drug-likeness (QED) is 0.713. The zero-order valence-electron chi connectivity index (χ0n) is 11.4. The van der Waals surface area contributed by atoms with Gasteiger partial charge in [0, 0.05) is 19.7 Å². The van der Waals surface area contributed by atoms with Gasteiger partial charge in [0.25, 0.3) is 0 Å². The van der Waals surface area contributed by atoms with E-state index in [0.29, 0.717) is 25.7 Å². The summed E-state index contributed by atoms with van der Waals surface area (Å²) in [6, 6.07) is 0.0142. The summed E-state index contributed by atoms with van der Waals surface area (Å²) in [6.45, 7) is 9.99. The molecule has 1 heterocycles. The summed E-state index contributed by atoms with van der Waals surface area (Å²) in [7, 11) is 0. The van der Waals surface area contributed by atoms with Crippen LogP contribution in [0.1, 0.15) is 33.6 Å². The highest BCUT2D eigenvalue weighted by atomic mass is 16.5. The zero-order valence-corrected chi connectivity index (χ0v) is 11.4. The predicted molar refractivity (Wildman–Crippen MR) is 68.9 cm³/mol. The lowest BCUT2D eigenvalue weighted by Gasteiger charge is -2.31. The number of hydrogen-bond donors (Lipinski definition) is 1. The van der Waals surface area contributed by atoms with Crippen molar-refractivity contribution >= 4 is 5.91 Å². The van der Waals surface area contributed by atoms with Crippen LogP contribution in [0.15, 0.2) is 0 Å². The third-order valence-electron chi connectivity index (χ3n) is 3.37. The van der Waals surface area contributed by atoms with E-state index in [1.54, 1.807) is 0 Å². The molecule has 0 aromatic rings. The van der Waals surface area contributed by atoms with Gasteiger partial charge in [0.15, 0.2) is 0 Å². The van der Waals surface area contributed by atoms with Crippen molar-refractivity contribution in [1.82, 2.24) is 10.2 Å². The molecule has 1 rings (SSSR count). The van der Waals surface area contributed by atoms with Crippen molar-refractivity contribution in [1.29, 1.82) is 0 Å². The van der Waals surface area contributed by atoms with E-state index in [0.717, 1.165) is 19.5 Å². The molecule has 0 saturated carbocycles. The zero-order chi connectivity index (χ0) is 12.7. The standard InChI is InChI=1S/C13H26N2O2/c1-4-15(8-9-17-5-2)13(16)12-10-11(3)6-7-14-12/h11-12,14H,4-10H2,1-3H3. The Hall–Kier alpha value is -0.610. The first-order valence-electron chi connectivity index (χ1n) is 6.78. The molecule has 0 aromatic heterocycles. The molecule has 4 nitrogen and oxygen atoms in total. The van der Waals surface area contributed by atoms with Crippen LogP contribution in [-0.2, 0) is 9.53 Å². The first-order valence-corrected chi connectivity index (χ1v) is 6.78. The molecule has 0 bridgehead atoms. The molecule has 1 fully saturated rings. The number of ether oxygens (including phenoxy) is 1. The Balaban J connectivity index is 2.41. The van der Waals surface area contributed by atoms with Crippen LogP contribution in [0.5, 0.6) is 0 Å². The van der Waals surface area contributed by atoms with Gasteiger partial charge < -0.3 is 15.0 Å². The number of hydrogen-bond acceptors (Lipinski definition) is 3. The van der Waals surface area contributed by atoms with E-state index < -0.39 is 0 Å². The van der Waals surface area contributed by atoms with Crippen molar-refractivity contribution in [3.63, 3.8) is 0 Å². The van der Waals surface area contributed by atoms with Crippen LogP contribution < -0.4 is 5.32 Å². The van der Waals surface area contributed by atoms with E-state index in [1.807, 2.05) is 18.7 Å². The monoisotopic (exact) mass is 242 g/mol. The number of rotatable bonds is 6. The van der Waals surface area contributed by atoms with Gasteiger partial charge in [-0.2, -0.15) is 0 Å². The highest BCUT2D eigenvalue weighted by Crippen LogP contribution is 2.16. The fourth-order valence-electron chi connectivity index (χ4n) is 2.26. The van der Waals surface area contributed by atoms with Crippen molar-refractivity contribution in [2.75, 3.05) is 32.8 Å². The van der Waals surface area contributed by atoms with Gasteiger partial charge in [-0.15, -0.1) is 0 Å². The number of carbonyl (C=O) groups excluding carboxylic acids is 1. The molecule has 4 heteroatoms. The van der Waals surface area contributed by atoms with Crippen LogP contribution in [0, 0.1) is 5.92 Å². The molecule has 2 atom stereocenters. The average molecular weight is 242 g/mol. The second-order valence-corrected chi connectivity index (χ2v) is 4.75.